The topological polar surface area (TPSA) is 72.7 Å². The van der Waals surface area contributed by atoms with Crippen LogP contribution in [0.4, 0.5) is 5.69 Å². The second kappa shape index (κ2) is 10.3. The number of hydrogen-bond donors (Lipinski definition) is 0. The van der Waals surface area contributed by atoms with E-state index in [2.05, 4.69) is 12.1 Å². The average Bonchev–Trinajstić information content (AvgIpc) is 2.77. The molecule has 29 heavy (non-hydrogen) atoms. The first-order chi connectivity index (χ1) is 14.0. The molecule has 0 aliphatic carbocycles. The summed E-state index contributed by atoms with van der Waals surface area (Å²) in [6.07, 6.45) is 4.29. The largest absolute Gasteiger partial charge is 0.497 e. The first-order valence-corrected chi connectivity index (χ1v) is 10.8. The zero-order valence-corrected chi connectivity index (χ0v) is 17.4. The van der Waals surface area contributed by atoms with E-state index in [1.165, 1.54) is 29.5 Å². The molecule has 0 aromatic heterocycles. The van der Waals surface area contributed by atoms with E-state index < -0.39 is 4.92 Å². The fraction of sp³-hybridized carbons (Fsp3) is 0.409. The standard InChI is InChI=1S/C22H26N2O4S/c1-28-20-8-4-17(5-9-20)2-3-18-12-14-23(15-13-18)22(25)16-29-21-10-6-19(7-11-21)24(26)27/h4-11,18H,2-3,12-16H2,1H3. The van der Waals surface area contributed by atoms with Gasteiger partial charge in [-0.1, -0.05) is 12.1 Å². The number of rotatable bonds is 8. The second-order valence-corrected chi connectivity index (χ2v) is 8.30. The van der Waals surface area contributed by atoms with E-state index in [4.69, 9.17) is 4.74 Å². The number of amides is 1. The number of nitrogens with zero attached hydrogens (tertiary/aromatic N) is 2. The van der Waals surface area contributed by atoms with Crippen molar-refractivity contribution >= 4 is 23.4 Å². The minimum atomic E-state index is -0.418. The molecule has 1 saturated heterocycles. The molecule has 3 rings (SSSR count). The quantitative estimate of drug-likeness (QED) is 0.359. The molecule has 0 radical (unpaired) electrons. The Hall–Kier alpha value is -2.54. The third-order valence-electron chi connectivity index (χ3n) is 5.38. The van der Waals surface area contributed by atoms with Gasteiger partial charge < -0.3 is 9.64 Å². The van der Waals surface area contributed by atoms with Gasteiger partial charge in [0.2, 0.25) is 5.91 Å². The Morgan fingerprint density at radius 1 is 1.14 bits per heavy atom. The highest BCUT2D eigenvalue weighted by Crippen LogP contribution is 2.25. The van der Waals surface area contributed by atoms with Gasteiger partial charge in [0, 0.05) is 30.1 Å². The number of methoxy groups -OCH3 is 1. The summed E-state index contributed by atoms with van der Waals surface area (Å²) in [4.78, 5) is 25.6. The van der Waals surface area contributed by atoms with Crippen molar-refractivity contribution in [2.75, 3.05) is 26.0 Å². The number of piperidine rings is 1. The lowest BCUT2D eigenvalue weighted by Crippen LogP contribution is -2.39. The third kappa shape index (κ3) is 6.22. The Balaban J connectivity index is 1.38. The Labute approximate surface area is 175 Å². The first kappa shape index (κ1) is 21.2. The Morgan fingerprint density at radius 3 is 2.38 bits per heavy atom. The number of ether oxygens (including phenoxy) is 1. The van der Waals surface area contributed by atoms with Crippen LogP contribution >= 0.6 is 11.8 Å². The van der Waals surface area contributed by atoms with Crippen LogP contribution in [0.5, 0.6) is 5.75 Å². The van der Waals surface area contributed by atoms with Gasteiger partial charge in [0.1, 0.15) is 5.75 Å². The Kier molecular flexibility index (Phi) is 7.52. The lowest BCUT2D eigenvalue weighted by molar-refractivity contribution is -0.384. The molecule has 2 aromatic rings. The number of nitro benzene ring substituents is 1. The van der Waals surface area contributed by atoms with Crippen molar-refractivity contribution in [1.82, 2.24) is 4.90 Å². The highest BCUT2D eigenvalue weighted by atomic mass is 32.2. The molecule has 1 aliphatic rings. The number of thioether (sulfide) groups is 1. The molecule has 7 heteroatoms. The van der Waals surface area contributed by atoms with E-state index in [0.717, 1.165) is 49.4 Å². The normalized spacial score (nSPS) is 14.6. The number of aryl methyl sites for hydroxylation is 1. The average molecular weight is 415 g/mol. The van der Waals surface area contributed by atoms with Crippen LogP contribution < -0.4 is 4.74 Å². The number of likely N-dealkylation sites (tertiary alicyclic amines) is 1. The highest BCUT2D eigenvalue weighted by molar-refractivity contribution is 8.00. The second-order valence-electron chi connectivity index (χ2n) is 7.25. The molecule has 6 nitrogen and oxygen atoms in total. The molecule has 1 heterocycles. The molecule has 1 fully saturated rings. The van der Waals surface area contributed by atoms with Crippen LogP contribution in [0.3, 0.4) is 0 Å². The van der Waals surface area contributed by atoms with Crippen LogP contribution in [0.1, 0.15) is 24.8 Å². The summed E-state index contributed by atoms with van der Waals surface area (Å²) in [6, 6.07) is 14.6. The number of benzene rings is 2. The van der Waals surface area contributed by atoms with E-state index in [1.807, 2.05) is 17.0 Å². The lowest BCUT2D eigenvalue weighted by Gasteiger charge is -2.32. The lowest BCUT2D eigenvalue weighted by atomic mass is 9.90. The summed E-state index contributed by atoms with van der Waals surface area (Å²) in [5, 5.41) is 10.7. The molecule has 0 unspecified atom stereocenters. The van der Waals surface area contributed by atoms with Crippen molar-refractivity contribution in [3.63, 3.8) is 0 Å². The monoisotopic (exact) mass is 414 g/mol. The van der Waals surface area contributed by atoms with Gasteiger partial charge >= 0.3 is 0 Å². The summed E-state index contributed by atoms with van der Waals surface area (Å²) >= 11 is 1.43. The zero-order chi connectivity index (χ0) is 20.6. The maximum absolute atomic E-state index is 12.5. The fourth-order valence-electron chi connectivity index (χ4n) is 3.53. The molecule has 1 aliphatic heterocycles. The molecule has 0 N–H and O–H groups in total. The third-order valence-corrected chi connectivity index (χ3v) is 6.37. The van der Waals surface area contributed by atoms with Crippen molar-refractivity contribution in [3.8, 4) is 5.75 Å². The van der Waals surface area contributed by atoms with Crippen LogP contribution in [0.15, 0.2) is 53.4 Å². The fourth-order valence-corrected chi connectivity index (χ4v) is 4.34. The molecule has 0 saturated carbocycles. The summed E-state index contributed by atoms with van der Waals surface area (Å²) in [5.41, 5.74) is 1.39. The van der Waals surface area contributed by atoms with Crippen molar-refractivity contribution in [2.45, 2.75) is 30.6 Å². The number of non-ortho nitro benzene ring substituents is 1. The van der Waals surface area contributed by atoms with Gasteiger partial charge in [-0.05, 0) is 61.4 Å². The number of hydrogen-bond acceptors (Lipinski definition) is 5. The van der Waals surface area contributed by atoms with E-state index in [-0.39, 0.29) is 11.6 Å². The van der Waals surface area contributed by atoms with Crippen molar-refractivity contribution < 1.29 is 14.5 Å². The van der Waals surface area contributed by atoms with Gasteiger partial charge in [0.25, 0.3) is 5.69 Å². The van der Waals surface area contributed by atoms with Crippen LogP contribution in [0.2, 0.25) is 0 Å². The number of nitro groups is 1. The zero-order valence-electron chi connectivity index (χ0n) is 16.6. The minimum absolute atomic E-state index is 0.0670. The number of carbonyl (C=O) groups is 1. The molecule has 0 spiro atoms. The maximum atomic E-state index is 12.5. The van der Waals surface area contributed by atoms with E-state index >= 15 is 0 Å². The molecule has 154 valence electrons. The van der Waals surface area contributed by atoms with Gasteiger partial charge in [-0.25, -0.2) is 0 Å². The molecular formula is C22H26N2O4S. The van der Waals surface area contributed by atoms with Gasteiger partial charge in [0.15, 0.2) is 0 Å². The molecular weight excluding hydrogens is 388 g/mol. The summed E-state index contributed by atoms with van der Waals surface area (Å²) in [7, 11) is 1.68. The van der Waals surface area contributed by atoms with E-state index in [9.17, 15) is 14.9 Å². The van der Waals surface area contributed by atoms with Crippen LogP contribution in [-0.4, -0.2) is 41.7 Å². The van der Waals surface area contributed by atoms with Gasteiger partial charge in [-0.15, -0.1) is 11.8 Å². The molecule has 0 bridgehead atoms. The van der Waals surface area contributed by atoms with Crippen LogP contribution in [0.25, 0.3) is 0 Å². The van der Waals surface area contributed by atoms with Crippen molar-refractivity contribution in [1.29, 1.82) is 0 Å². The predicted octanol–water partition coefficient (Wildman–Crippen LogP) is 4.57. The maximum Gasteiger partial charge on any atom is 0.269 e. The SMILES string of the molecule is COc1ccc(CCC2CCN(C(=O)CSc3ccc([N+](=O)[O-])cc3)CC2)cc1. The van der Waals surface area contributed by atoms with Crippen molar-refractivity contribution in [3.05, 3.63) is 64.2 Å². The smallest absolute Gasteiger partial charge is 0.269 e. The molecule has 1 amide bonds. The highest BCUT2D eigenvalue weighted by Gasteiger charge is 2.22. The Bertz CT molecular complexity index is 816. The van der Waals surface area contributed by atoms with E-state index in [0.29, 0.717) is 11.7 Å². The van der Waals surface area contributed by atoms with Gasteiger partial charge in [-0.2, -0.15) is 0 Å². The Morgan fingerprint density at radius 2 is 1.79 bits per heavy atom. The first-order valence-electron chi connectivity index (χ1n) is 9.83. The van der Waals surface area contributed by atoms with Crippen molar-refractivity contribution in [2.24, 2.45) is 5.92 Å². The van der Waals surface area contributed by atoms with E-state index in [1.54, 1.807) is 19.2 Å². The summed E-state index contributed by atoms with van der Waals surface area (Å²) in [5.74, 6) is 2.05. The minimum Gasteiger partial charge on any atom is -0.497 e. The van der Waals surface area contributed by atoms with Crippen LogP contribution in [0, 0.1) is 16.0 Å². The predicted molar refractivity (Wildman–Crippen MR) is 114 cm³/mol. The van der Waals surface area contributed by atoms with Gasteiger partial charge in [0.05, 0.1) is 17.8 Å². The summed E-state index contributed by atoms with van der Waals surface area (Å²) < 4.78 is 5.19. The molecule has 0 atom stereocenters. The summed E-state index contributed by atoms with van der Waals surface area (Å²) in [6.45, 7) is 1.62. The van der Waals surface area contributed by atoms with Crippen LogP contribution in [-0.2, 0) is 11.2 Å². The van der Waals surface area contributed by atoms with Gasteiger partial charge in [-0.3, -0.25) is 14.9 Å². The number of carbonyl (C=O) groups excluding carboxylic acids is 1. The molecule has 2 aromatic carbocycles.